The maximum atomic E-state index is 12.2. The van der Waals surface area contributed by atoms with Gasteiger partial charge in [-0.05, 0) is 35.4 Å². The monoisotopic (exact) mass is 470 g/mol. The molecule has 0 amide bonds. The summed E-state index contributed by atoms with van der Waals surface area (Å²) in [6.07, 6.45) is 0. The largest absolute Gasteiger partial charge is 0.489 e. The first-order chi connectivity index (χ1) is 16.7. The van der Waals surface area contributed by atoms with E-state index in [0.717, 1.165) is 43.1 Å². The number of hydrogen-bond donors (Lipinski definition) is 1. The zero-order valence-corrected chi connectivity index (χ0v) is 21.4. The van der Waals surface area contributed by atoms with E-state index in [2.05, 4.69) is 80.0 Å². The summed E-state index contributed by atoms with van der Waals surface area (Å²) in [7, 11) is 0. The van der Waals surface area contributed by atoms with Gasteiger partial charge in [-0.25, -0.2) is 0 Å². The number of rotatable bonds is 6. The lowest BCUT2D eigenvalue weighted by molar-refractivity contribution is -0.307. The minimum Gasteiger partial charge on any atom is -0.489 e. The smallest absolute Gasteiger partial charge is 0.119 e. The van der Waals surface area contributed by atoms with Crippen LogP contribution in [-0.2, 0) is 12.2 Å². The molecule has 1 aliphatic carbocycles. The van der Waals surface area contributed by atoms with Crippen molar-refractivity contribution >= 4 is 5.69 Å². The average Bonchev–Trinajstić information content (AvgIpc) is 2.88. The first-order valence-corrected chi connectivity index (χ1v) is 12.8. The van der Waals surface area contributed by atoms with Crippen molar-refractivity contribution in [1.82, 2.24) is 4.90 Å². The first-order valence-electron chi connectivity index (χ1n) is 12.8. The first kappa shape index (κ1) is 23.9. The van der Waals surface area contributed by atoms with Crippen molar-refractivity contribution in [1.29, 1.82) is 0 Å². The summed E-state index contributed by atoms with van der Waals surface area (Å²) in [5.74, 6) is 0.824. The van der Waals surface area contributed by atoms with Crippen molar-refractivity contribution in [3.05, 3.63) is 96.1 Å². The van der Waals surface area contributed by atoms with Crippen LogP contribution in [0.4, 0.5) is 5.69 Å². The maximum absolute atomic E-state index is 12.2. The fourth-order valence-corrected chi connectivity index (χ4v) is 7.12. The minimum atomic E-state index is -0.917. The second-order valence-electron chi connectivity index (χ2n) is 11.2. The van der Waals surface area contributed by atoms with Gasteiger partial charge in [-0.1, -0.05) is 88.4 Å². The molecule has 184 valence electrons. The SMILES string of the molecule is CC1(C)C(N2CCN(c3ccccc3)CC2)C(C)(C)C1(O)c1ccc(OCc2ccccc2)cc1. The molecule has 2 aliphatic rings. The number of ether oxygens (including phenoxy) is 1. The summed E-state index contributed by atoms with van der Waals surface area (Å²) in [4.78, 5) is 5.07. The summed E-state index contributed by atoms with van der Waals surface area (Å²) in [5.41, 5.74) is 1.94. The zero-order chi connectivity index (χ0) is 24.7. The van der Waals surface area contributed by atoms with Gasteiger partial charge in [0.1, 0.15) is 18.0 Å². The molecule has 3 aromatic carbocycles. The Morgan fingerprint density at radius 1 is 0.743 bits per heavy atom. The molecule has 0 atom stereocenters. The zero-order valence-electron chi connectivity index (χ0n) is 21.4. The van der Waals surface area contributed by atoms with Crippen LogP contribution >= 0.6 is 0 Å². The summed E-state index contributed by atoms with van der Waals surface area (Å²) >= 11 is 0. The van der Waals surface area contributed by atoms with Gasteiger partial charge in [0.05, 0.1) is 0 Å². The molecule has 5 rings (SSSR count). The molecule has 1 N–H and O–H groups in total. The fraction of sp³-hybridized carbons (Fsp3) is 0.419. The molecule has 0 aromatic heterocycles. The highest BCUT2D eigenvalue weighted by molar-refractivity contribution is 5.47. The third kappa shape index (κ3) is 3.93. The highest BCUT2D eigenvalue weighted by atomic mass is 16.5. The highest BCUT2D eigenvalue weighted by Gasteiger charge is 2.73. The molecule has 0 spiro atoms. The van der Waals surface area contributed by atoms with Crippen LogP contribution in [0.5, 0.6) is 5.75 Å². The molecule has 2 fully saturated rings. The van der Waals surface area contributed by atoms with Crippen LogP contribution in [0.25, 0.3) is 0 Å². The Bertz CT molecular complexity index is 1100. The molecule has 3 aromatic rings. The number of nitrogens with zero attached hydrogens (tertiary/aromatic N) is 2. The van der Waals surface area contributed by atoms with Gasteiger partial charge in [0.15, 0.2) is 0 Å². The standard InChI is InChI=1S/C31H38N2O2/c1-29(2)28(33-21-19-32(20-22-33)26-13-9-6-10-14-26)30(3,4)31(29,34)25-15-17-27(18-16-25)35-23-24-11-7-5-8-12-24/h5-18,28,34H,19-23H2,1-4H3. The van der Waals surface area contributed by atoms with Crippen molar-refractivity contribution in [3.63, 3.8) is 0 Å². The molecule has 4 heteroatoms. The van der Waals surface area contributed by atoms with E-state index in [1.54, 1.807) is 0 Å². The highest BCUT2D eigenvalue weighted by Crippen LogP contribution is 2.68. The fourth-order valence-electron chi connectivity index (χ4n) is 7.12. The third-order valence-corrected chi connectivity index (χ3v) is 8.55. The summed E-state index contributed by atoms with van der Waals surface area (Å²) in [6.45, 7) is 13.5. The van der Waals surface area contributed by atoms with Gasteiger partial charge >= 0.3 is 0 Å². The molecule has 1 saturated carbocycles. The van der Waals surface area contributed by atoms with E-state index in [1.165, 1.54) is 5.69 Å². The number of benzene rings is 3. The summed E-state index contributed by atoms with van der Waals surface area (Å²) in [6, 6.07) is 29.3. The Hall–Kier alpha value is -2.82. The van der Waals surface area contributed by atoms with Gasteiger partial charge in [0.2, 0.25) is 0 Å². The maximum Gasteiger partial charge on any atom is 0.119 e. The van der Waals surface area contributed by atoms with E-state index in [0.29, 0.717) is 12.6 Å². The van der Waals surface area contributed by atoms with E-state index in [1.807, 2.05) is 42.5 Å². The van der Waals surface area contributed by atoms with Crippen LogP contribution in [-0.4, -0.2) is 42.2 Å². The second kappa shape index (κ2) is 9.00. The van der Waals surface area contributed by atoms with Crippen molar-refractivity contribution < 1.29 is 9.84 Å². The Kier molecular flexibility index (Phi) is 6.14. The molecule has 0 radical (unpaired) electrons. The van der Waals surface area contributed by atoms with Crippen LogP contribution in [0.3, 0.4) is 0 Å². The number of aliphatic hydroxyl groups is 1. The average molecular weight is 471 g/mol. The molecule has 1 heterocycles. The lowest BCUT2D eigenvalue weighted by Gasteiger charge is -2.72. The molecular formula is C31H38N2O2. The summed E-state index contributed by atoms with van der Waals surface area (Å²) in [5, 5.41) is 12.2. The van der Waals surface area contributed by atoms with E-state index in [-0.39, 0.29) is 10.8 Å². The molecule has 1 aliphatic heterocycles. The number of anilines is 1. The Balaban J connectivity index is 1.28. The molecule has 1 saturated heterocycles. The van der Waals surface area contributed by atoms with Crippen molar-refractivity contribution in [2.24, 2.45) is 10.8 Å². The van der Waals surface area contributed by atoms with Gasteiger partial charge in [0, 0.05) is 48.7 Å². The van der Waals surface area contributed by atoms with Gasteiger partial charge in [-0.3, -0.25) is 4.90 Å². The van der Waals surface area contributed by atoms with E-state index < -0.39 is 5.60 Å². The van der Waals surface area contributed by atoms with Gasteiger partial charge < -0.3 is 14.7 Å². The Morgan fingerprint density at radius 2 is 1.29 bits per heavy atom. The van der Waals surface area contributed by atoms with Crippen LogP contribution in [0.2, 0.25) is 0 Å². The van der Waals surface area contributed by atoms with Crippen LogP contribution < -0.4 is 9.64 Å². The van der Waals surface area contributed by atoms with Gasteiger partial charge in [-0.2, -0.15) is 0 Å². The summed E-state index contributed by atoms with van der Waals surface area (Å²) < 4.78 is 5.98. The number of hydrogen-bond acceptors (Lipinski definition) is 4. The predicted molar refractivity (Wildman–Crippen MR) is 143 cm³/mol. The molecule has 0 unspecified atom stereocenters. The third-order valence-electron chi connectivity index (χ3n) is 8.55. The van der Waals surface area contributed by atoms with E-state index in [9.17, 15) is 5.11 Å². The predicted octanol–water partition coefficient (Wildman–Crippen LogP) is 5.71. The molecule has 0 bridgehead atoms. The Labute approximate surface area is 210 Å². The van der Waals surface area contributed by atoms with Crippen molar-refractivity contribution in [2.45, 2.75) is 45.9 Å². The minimum absolute atomic E-state index is 0.280. The van der Waals surface area contributed by atoms with Gasteiger partial charge in [-0.15, -0.1) is 0 Å². The molecular weight excluding hydrogens is 432 g/mol. The van der Waals surface area contributed by atoms with Crippen LogP contribution in [0.15, 0.2) is 84.9 Å². The second-order valence-corrected chi connectivity index (χ2v) is 11.2. The number of piperazine rings is 1. The van der Waals surface area contributed by atoms with Crippen molar-refractivity contribution in [3.8, 4) is 5.75 Å². The Morgan fingerprint density at radius 3 is 1.86 bits per heavy atom. The topological polar surface area (TPSA) is 35.9 Å². The van der Waals surface area contributed by atoms with Crippen LogP contribution in [0.1, 0.15) is 38.8 Å². The molecule has 4 nitrogen and oxygen atoms in total. The van der Waals surface area contributed by atoms with Crippen molar-refractivity contribution in [2.75, 3.05) is 31.1 Å². The van der Waals surface area contributed by atoms with E-state index in [4.69, 9.17) is 4.74 Å². The number of para-hydroxylation sites is 1. The van der Waals surface area contributed by atoms with E-state index >= 15 is 0 Å². The lowest BCUT2D eigenvalue weighted by Crippen LogP contribution is -2.79. The normalized spacial score (nSPS) is 25.6. The molecule has 35 heavy (non-hydrogen) atoms. The van der Waals surface area contributed by atoms with Crippen LogP contribution in [0, 0.1) is 10.8 Å². The quantitative estimate of drug-likeness (QED) is 0.501. The lowest BCUT2D eigenvalue weighted by atomic mass is 9.39. The van der Waals surface area contributed by atoms with Gasteiger partial charge in [0.25, 0.3) is 0 Å².